The second kappa shape index (κ2) is 15.5. The van der Waals surface area contributed by atoms with E-state index in [1.54, 1.807) is 36.4 Å². The minimum absolute atomic E-state index is 0.0355. The summed E-state index contributed by atoms with van der Waals surface area (Å²) in [5.41, 5.74) is 0.305. The fourth-order valence-corrected chi connectivity index (χ4v) is 11.5. The molecule has 0 amide bonds. The lowest BCUT2D eigenvalue weighted by Gasteiger charge is -2.25. The van der Waals surface area contributed by atoms with Gasteiger partial charge in [0.25, 0.3) is 0 Å². The highest BCUT2D eigenvalue weighted by Crippen LogP contribution is 2.39. The summed E-state index contributed by atoms with van der Waals surface area (Å²) in [6.45, 7) is 0. The first-order chi connectivity index (χ1) is 24.4. The molecule has 0 saturated carbocycles. The average molecular weight is 798 g/mol. The molecular formula is C32H22BN2O10S6-2. The first-order valence-corrected chi connectivity index (χ1v) is 21.1. The predicted octanol–water partition coefficient (Wildman–Crippen LogP) is 6.33. The lowest BCUT2D eigenvalue weighted by atomic mass is 10.2. The van der Waals surface area contributed by atoms with Gasteiger partial charge in [0.05, 0.1) is 43.7 Å². The summed E-state index contributed by atoms with van der Waals surface area (Å²) in [5, 5.41) is 0.255. The maximum Gasteiger partial charge on any atom is 0.658 e. The van der Waals surface area contributed by atoms with Gasteiger partial charge in [0.2, 0.25) is 19.7 Å². The van der Waals surface area contributed by atoms with Crippen molar-refractivity contribution in [2.45, 2.75) is 18.2 Å². The molecule has 6 aromatic rings. The maximum absolute atomic E-state index is 13.1. The minimum atomic E-state index is -3.87. The number of rotatable bonds is 14. The van der Waals surface area contributed by atoms with Crippen LogP contribution in [0.25, 0.3) is 0 Å². The van der Waals surface area contributed by atoms with Crippen molar-refractivity contribution in [1.29, 1.82) is 0 Å². The van der Waals surface area contributed by atoms with Gasteiger partial charge in [0.1, 0.15) is 29.9 Å². The van der Waals surface area contributed by atoms with Crippen molar-refractivity contribution in [1.82, 2.24) is 0 Å². The maximum atomic E-state index is 13.1. The second-order valence-electron chi connectivity index (χ2n) is 10.2. The number of hydrogen-bond acceptors (Lipinski definition) is 12. The van der Waals surface area contributed by atoms with Gasteiger partial charge in [-0.15, -0.1) is 22.7 Å². The Hall–Kier alpha value is -4.34. The number of benzene rings is 4. The van der Waals surface area contributed by atoms with E-state index in [0.717, 1.165) is 39.0 Å². The monoisotopic (exact) mass is 797 g/mol. The average Bonchev–Trinajstić information content (AvgIpc) is 3.81. The van der Waals surface area contributed by atoms with E-state index in [-0.39, 0.29) is 51.1 Å². The zero-order valence-electron chi connectivity index (χ0n) is 25.7. The third-order valence-corrected chi connectivity index (χ3v) is 15.2. The molecule has 19 heteroatoms. The third kappa shape index (κ3) is 8.10. The molecule has 6 rings (SSSR count). The van der Waals surface area contributed by atoms with Gasteiger partial charge in [0.15, 0.2) is 0 Å². The van der Waals surface area contributed by atoms with Gasteiger partial charge in [-0.2, -0.15) is 0 Å². The Balaban J connectivity index is 1.15. The standard InChI is InChI=1S/C32H24BN2O10S6/c36-48(37)34(29-17-19-31(46-29)50(40,41)27-13-3-1-4-14-27)23-9-7-11-25(21-23)44-33-45-26-12-8-10-24(22-26)35(49(38)39)30-18-20-32(47-30)51(42,43)28-15-5-2-6-16-28/h1-22H,(H,36,37)(H,38,39)/p-2. The van der Waals surface area contributed by atoms with Gasteiger partial charge in [-0.25, -0.2) is 16.8 Å². The molecule has 51 heavy (non-hydrogen) atoms. The highest BCUT2D eigenvalue weighted by Gasteiger charge is 2.24. The topological polar surface area (TPSA) is 173 Å². The largest absolute Gasteiger partial charge is 0.755 e. The summed E-state index contributed by atoms with van der Waals surface area (Å²) >= 11 is -4.09. The fourth-order valence-electron chi connectivity index (χ4n) is 4.63. The van der Waals surface area contributed by atoms with Crippen molar-refractivity contribution >= 4 is 93.9 Å². The first-order valence-electron chi connectivity index (χ1n) is 14.4. The molecule has 0 aliphatic heterocycles. The van der Waals surface area contributed by atoms with E-state index in [4.69, 9.17) is 9.31 Å². The highest BCUT2D eigenvalue weighted by atomic mass is 32.2. The van der Waals surface area contributed by atoms with Crippen molar-refractivity contribution in [3.8, 4) is 11.5 Å². The lowest BCUT2D eigenvalue weighted by molar-refractivity contribution is 0.459. The predicted molar refractivity (Wildman–Crippen MR) is 194 cm³/mol. The molecule has 0 bridgehead atoms. The van der Waals surface area contributed by atoms with E-state index in [1.807, 2.05) is 0 Å². The van der Waals surface area contributed by atoms with Crippen LogP contribution in [0.2, 0.25) is 0 Å². The lowest BCUT2D eigenvalue weighted by Crippen LogP contribution is -2.19. The van der Waals surface area contributed by atoms with Crippen LogP contribution in [0.1, 0.15) is 0 Å². The quantitative estimate of drug-likeness (QED) is 0.0895. The molecule has 2 aromatic heterocycles. The molecule has 12 nitrogen and oxygen atoms in total. The molecule has 2 heterocycles. The van der Waals surface area contributed by atoms with E-state index < -0.39 is 42.2 Å². The van der Waals surface area contributed by atoms with Crippen molar-refractivity contribution in [3.05, 3.63) is 133 Å². The van der Waals surface area contributed by atoms with Gasteiger partial charge in [-0.3, -0.25) is 17.0 Å². The van der Waals surface area contributed by atoms with Crippen LogP contribution >= 0.6 is 22.7 Å². The Morgan fingerprint density at radius 1 is 0.529 bits per heavy atom. The van der Waals surface area contributed by atoms with E-state index >= 15 is 0 Å². The highest BCUT2D eigenvalue weighted by molar-refractivity contribution is 7.94. The molecule has 0 spiro atoms. The summed E-state index contributed by atoms with van der Waals surface area (Å²) in [4.78, 5) is 0.155. The molecule has 0 saturated heterocycles. The number of hydrogen-bond donors (Lipinski definition) is 0. The van der Waals surface area contributed by atoms with Crippen LogP contribution in [0.4, 0.5) is 21.4 Å². The second-order valence-corrected chi connectivity index (χ2v) is 18.2. The molecule has 2 atom stereocenters. The van der Waals surface area contributed by atoms with Crippen LogP contribution in [0.5, 0.6) is 11.5 Å². The first kappa shape index (κ1) is 36.5. The molecule has 1 radical (unpaired) electrons. The Labute approximate surface area is 307 Å². The van der Waals surface area contributed by atoms with Crippen LogP contribution in [0.3, 0.4) is 0 Å². The summed E-state index contributed by atoms with van der Waals surface area (Å²) < 4.78 is 114. The van der Waals surface area contributed by atoms with Crippen molar-refractivity contribution < 1.29 is 43.7 Å². The molecule has 0 N–H and O–H groups in total. The Kier molecular flexibility index (Phi) is 11.1. The van der Waals surface area contributed by atoms with Gasteiger partial charge >= 0.3 is 7.69 Å². The normalized spacial score (nSPS) is 12.8. The third-order valence-electron chi connectivity index (χ3n) is 6.94. The van der Waals surface area contributed by atoms with E-state index in [1.165, 1.54) is 97.1 Å². The molecule has 0 fully saturated rings. The van der Waals surface area contributed by atoms with Gasteiger partial charge in [-0.05, 0) is 72.8 Å². The van der Waals surface area contributed by atoms with Crippen molar-refractivity contribution in [2.75, 3.05) is 8.61 Å². The van der Waals surface area contributed by atoms with Gasteiger partial charge < -0.3 is 18.4 Å². The Morgan fingerprint density at radius 3 is 1.29 bits per heavy atom. The van der Waals surface area contributed by atoms with Crippen LogP contribution < -0.4 is 17.9 Å². The van der Waals surface area contributed by atoms with Crippen LogP contribution in [0, 0.1) is 0 Å². The molecule has 4 aromatic carbocycles. The number of sulfone groups is 2. The van der Waals surface area contributed by atoms with E-state index in [9.17, 15) is 34.4 Å². The van der Waals surface area contributed by atoms with Crippen LogP contribution in [0.15, 0.2) is 152 Å². The number of thiophene rings is 2. The van der Waals surface area contributed by atoms with Gasteiger partial charge in [-0.1, -0.05) is 48.5 Å². The Morgan fingerprint density at radius 2 is 0.922 bits per heavy atom. The zero-order chi connectivity index (χ0) is 36.2. The number of nitrogens with zero attached hydrogens (tertiary/aromatic N) is 2. The van der Waals surface area contributed by atoms with Crippen molar-refractivity contribution in [3.63, 3.8) is 0 Å². The summed E-state index contributed by atoms with van der Waals surface area (Å²) in [7, 11) is -6.78. The van der Waals surface area contributed by atoms with Crippen LogP contribution in [-0.2, 0) is 42.2 Å². The Bertz CT molecular complexity index is 2260. The summed E-state index contributed by atoms with van der Waals surface area (Å²) in [6.07, 6.45) is 0. The molecule has 0 aliphatic carbocycles. The zero-order valence-corrected chi connectivity index (χ0v) is 30.6. The molecule has 261 valence electrons. The fraction of sp³-hybridized carbons (Fsp3) is 0. The minimum Gasteiger partial charge on any atom is -0.755 e. The molecular weight excluding hydrogens is 776 g/mol. The van der Waals surface area contributed by atoms with Gasteiger partial charge in [0, 0.05) is 12.1 Å². The molecule has 2 unspecified atom stereocenters. The number of anilines is 4. The van der Waals surface area contributed by atoms with E-state index in [2.05, 4.69) is 0 Å². The summed E-state index contributed by atoms with van der Waals surface area (Å²) in [6, 6.07) is 33.0. The molecule has 0 aliphatic rings. The van der Waals surface area contributed by atoms with Crippen LogP contribution in [-0.4, -0.2) is 42.0 Å². The van der Waals surface area contributed by atoms with E-state index in [0.29, 0.717) is 0 Å². The summed E-state index contributed by atoms with van der Waals surface area (Å²) in [5.74, 6) is 0.335. The smallest absolute Gasteiger partial charge is 0.658 e. The SMILES string of the molecule is O=S([O-])N(c1cccc(O[B]Oc2cccc(N(c3ccc(S(=O)(=O)c4ccccc4)s3)S(=O)[O-])c2)c1)c1ccc(S(=O)(=O)c2ccccc2)s1. The van der Waals surface area contributed by atoms with Crippen molar-refractivity contribution in [2.24, 2.45) is 0 Å².